The van der Waals surface area contributed by atoms with Crippen LogP contribution in [0.2, 0.25) is 0 Å². The highest BCUT2D eigenvalue weighted by atomic mass is 16.4. The third kappa shape index (κ3) is 4.20. The number of carbonyl (C=O) groups excluding carboxylic acids is 1. The number of rotatable bonds is 6. The average Bonchev–Trinajstić information content (AvgIpc) is 2.36. The van der Waals surface area contributed by atoms with Gasteiger partial charge in [-0.2, -0.15) is 0 Å². The number of amides is 1. The van der Waals surface area contributed by atoms with Crippen LogP contribution in [0.3, 0.4) is 0 Å². The molecule has 2 N–H and O–H groups in total. The molecule has 0 saturated carbocycles. The largest absolute Gasteiger partial charge is 0.478 e. The summed E-state index contributed by atoms with van der Waals surface area (Å²) in [4.78, 5) is 22.3. The Hall–Kier alpha value is -1.84. The van der Waals surface area contributed by atoms with Gasteiger partial charge < -0.3 is 10.4 Å². The highest BCUT2D eigenvalue weighted by molar-refractivity contribution is 5.87. The Morgan fingerprint density at radius 2 is 1.89 bits per heavy atom. The van der Waals surface area contributed by atoms with Crippen molar-refractivity contribution in [3.63, 3.8) is 0 Å². The van der Waals surface area contributed by atoms with Crippen LogP contribution in [0.25, 0.3) is 0 Å². The summed E-state index contributed by atoms with van der Waals surface area (Å²) in [7, 11) is 0. The fraction of sp³-hybridized carbons (Fsp3) is 0.429. The number of hydrogen-bond donors (Lipinski definition) is 2. The maximum atomic E-state index is 11.7. The van der Waals surface area contributed by atoms with E-state index < -0.39 is 5.97 Å². The molecule has 0 spiro atoms. The maximum absolute atomic E-state index is 11.7. The quantitative estimate of drug-likeness (QED) is 0.813. The Labute approximate surface area is 107 Å². The van der Waals surface area contributed by atoms with Crippen molar-refractivity contribution in [2.75, 3.05) is 0 Å². The molecule has 0 aliphatic carbocycles. The molecule has 98 valence electrons. The van der Waals surface area contributed by atoms with Gasteiger partial charge in [-0.05, 0) is 24.1 Å². The Bertz CT molecular complexity index is 412. The normalized spacial score (nSPS) is 11.9. The van der Waals surface area contributed by atoms with Gasteiger partial charge in [0, 0.05) is 12.5 Å². The first-order chi connectivity index (χ1) is 8.54. The predicted molar refractivity (Wildman–Crippen MR) is 69.3 cm³/mol. The van der Waals surface area contributed by atoms with E-state index in [1.165, 1.54) is 0 Å². The van der Waals surface area contributed by atoms with Crippen LogP contribution in [0.15, 0.2) is 24.3 Å². The molecular weight excluding hydrogens is 230 g/mol. The van der Waals surface area contributed by atoms with Crippen molar-refractivity contribution in [3.8, 4) is 0 Å². The average molecular weight is 249 g/mol. The molecule has 1 unspecified atom stereocenters. The number of aromatic carboxylic acids is 1. The molecule has 1 aromatic rings. The molecule has 0 radical (unpaired) electrons. The first kappa shape index (κ1) is 14.2. The molecule has 18 heavy (non-hydrogen) atoms. The zero-order valence-corrected chi connectivity index (χ0v) is 10.8. The third-order valence-corrected chi connectivity index (χ3v) is 2.84. The molecule has 0 fully saturated rings. The lowest BCUT2D eigenvalue weighted by atomic mass is 10.1. The van der Waals surface area contributed by atoms with E-state index in [-0.39, 0.29) is 17.4 Å². The Morgan fingerprint density at radius 1 is 1.28 bits per heavy atom. The summed E-state index contributed by atoms with van der Waals surface area (Å²) in [5.74, 6) is -0.880. The van der Waals surface area contributed by atoms with Crippen molar-refractivity contribution in [2.45, 2.75) is 33.2 Å². The van der Waals surface area contributed by atoms with Crippen molar-refractivity contribution >= 4 is 11.9 Å². The number of hydrogen-bond acceptors (Lipinski definition) is 2. The lowest BCUT2D eigenvalue weighted by molar-refractivity contribution is -0.124. The first-order valence-electron chi connectivity index (χ1n) is 6.14. The number of carboxylic acids is 1. The van der Waals surface area contributed by atoms with E-state index in [4.69, 9.17) is 5.11 Å². The van der Waals surface area contributed by atoms with E-state index in [1.54, 1.807) is 24.3 Å². The van der Waals surface area contributed by atoms with Crippen LogP contribution in [0.4, 0.5) is 0 Å². The third-order valence-electron chi connectivity index (χ3n) is 2.84. The second-order valence-electron chi connectivity index (χ2n) is 4.41. The number of carboxylic acid groups (broad SMARTS) is 1. The van der Waals surface area contributed by atoms with Crippen LogP contribution >= 0.6 is 0 Å². The standard InChI is InChI=1S/C14H19NO3/c1-3-4-10(2)13(16)15-9-11-5-7-12(8-6-11)14(17)18/h5-8,10H,3-4,9H2,1-2H3,(H,15,16)(H,17,18). The summed E-state index contributed by atoms with van der Waals surface area (Å²) in [5.41, 5.74) is 1.15. The summed E-state index contributed by atoms with van der Waals surface area (Å²) in [5, 5.41) is 11.6. The molecule has 0 aliphatic heterocycles. The van der Waals surface area contributed by atoms with Crippen molar-refractivity contribution < 1.29 is 14.7 Å². The van der Waals surface area contributed by atoms with Gasteiger partial charge in [-0.1, -0.05) is 32.4 Å². The van der Waals surface area contributed by atoms with Gasteiger partial charge in [0.2, 0.25) is 5.91 Å². The molecule has 0 bridgehead atoms. The number of nitrogens with one attached hydrogen (secondary N) is 1. The minimum absolute atomic E-state index is 0.0216. The molecule has 1 amide bonds. The molecule has 4 nitrogen and oxygen atoms in total. The van der Waals surface area contributed by atoms with Gasteiger partial charge in [0.1, 0.15) is 0 Å². The number of carbonyl (C=O) groups is 2. The monoisotopic (exact) mass is 249 g/mol. The second kappa shape index (κ2) is 6.79. The van der Waals surface area contributed by atoms with Crippen LogP contribution in [0.1, 0.15) is 42.6 Å². The van der Waals surface area contributed by atoms with E-state index in [9.17, 15) is 9.59 Å². The molecule has 1 atom stereocenters. The van der Waals surface area contributed by atoms with E-state index in [2.05, 4.69) is 12.2 Å². The number of benzene rings is 1. The molecule has 0 aromatic heterocycles. The Kier molecular flexibility index (Phi) is 5.36. The van der Waals surface area contributed by atoms with Crippen molar-refractivity contribution in [1.82, 2.24) is 5.32 Å². The smallest absolute Gasteiger partial charge is 0.335 e. The molecule has 4 heteroatoms. The summed E-state index contributed by atoms with van der Waals surface area (Å²) in [6, 6.07) is 6.51. The second-order valence-corrected chi connectivity index (χ2v) is 4.41. The maximum Gasteiger partial charge on any atom is 0.335 e. The fourth-order valence-corrected chi connectivity index (χ4v) is 1.69. The predicted octanol–water partition coefficient (Wildman–Crippen LogP) is 2.44. The van der Waals surface area contributed by atoms with E-state index >= 15 is 0 Å². The van der Waals surface area contributed by atoms with Gasteiger partial charge >= 0.3 is 5.97 Å². The van der Waals surface area contributed by atoms with Crippen LogP contribution in [0, 0.1) is 5.92 Å². The first-order valence-corrected chi connectivity index (χ1v) is 6.14. The zero-order chi connectivity index (χ0) is 13.5. The van der Waals surface area contributed by atoms with Crippen molar-refractivity contribution in [1.29, 1.82) is 0 Å². The van der Waals surface area contributed by atoms with Gasteiger partial charge in [-0.15, -0.1) is 0 Å². The Balaban J connectivity index is 2.48. The minimum atomic E-state index is -0.942. The van der Waals surface area contributed by atoms with Gasteiger partial charge in [0.25, 0.3) is 0 Å². The molecule has 0 heterocycles. The van der Waals surface area contributed by atoms with E-state index in [1.807, 2.05) is 6.92 Å². The zero-order valence-electron chi connectivity index (χ0n) is 10.8. The summed E-state index contributed by atoms with van der Waals surface area (Å²) >= 11 is 0. The molecular formula is C14H19NO3. The summed E-state index contributed by atoms with van der Waals surface area (Å²) < 4.78 is 0. The summed E-state index contributed by atoms with van der Waals surface area (Å²) in [6.07, 6.45) is 1.87. The van der Waals surface area contributed by atoms with Crippen molar-refractivity contribution in [2.24, 2.45) is 5.92 Å². The van der Waals surface area contributed by atoms with Crippen LogP contribution in [0.5, 0.6) is 0 Å². The van der Waals surface area contributed by atoms with Gasteiger partial charge in [0.05, 0.1) is 5.56 Å². The lowest BCUT2D eigenvalue weighted by Gasteiger charge is -2.11. The fourth-order valence-electron chi connectivity index (χ4n) is 1.69. The highest BCUT2D eigenvalue weighted by Gasteiger charge is 2.11. The van der Waals surface area contributed by atoms with Crippen LogP contribution < -0.4 is 5.32 Å². The van der Waals surface area contributed by atoms with Gasteiger partial charge in [-0.25, -0.2) is 4.79 Å². The topological polar surface area (TPSA) is 66.4 Å². The SMILES string of the molecule is CCCC(C)C(=O)NCc1ccc(C(=O)O)cc1. The summed E-state index contributed by atoms with van der Waals surface area (Å²) in [6.45, 7) is 4.40. The molecule has 0 saturated heterocycles. The van der Waals surface area contributed by atoms with Gasteiger partial charge in [-0.3, -0.25) is 4.79 Å². The van der Waals surface area contributed by atoms with Gasteiger partial charge in [0.15, 0.2) is 0 Å². The minimum Gasteiger partial charge on any atom is -0.478 e. The molecule has 0 aliphatic rings. The van der Waals surface area contributed by atoms with E-state index in [0.717, 1.165) is 18.4 Å². The molecule has 1 rings (SSSR count). The van der Waals surface area contributed by atoms with E-state index in [0.29, 0.717) is 6.54 Å². The lowest BCUT2D eigenvalue weighted by Crippen LogP contribution is -2.28. The van der Waals surface area contributed by atoms with Crippen LogP contribution in [-0.4, -0.2) is 17.0 Å². The molecule has 1 aromatic carbocycles. The van der Waals surface area contributed by atoms with Crippen molar-refractivity contribution in [3.05, 3.63) is 35.4 Å². The highest BCUT2D eigenvalue weighted by Crippen LogP contribution is 2.07. The van der Waals surface area contributed by atoms with Crippen LogP contribution in [-0.2, 0) is 11.3 Å². The Morgan fingerprint density at radius 3 is 2.39 bits per heavy atom.